The maximum Gasteiger partial charge on any atom is 0.331 e. The Kier molecular flexibility index (Phi) is 15.7. The van der Waals surface area contributed by atoms with Crippen LogP contribution in [0, 0.1) is 39.9 Å². The van der Waals surface area contributed by atoms with Crippen LogP contribution in [0.25, 0.3) is 0 Å². The molecule has 0 spiro atoms. The van der Waals surface area contributed by atoms with E-state index in [-0.39, 0.29) is 69.0 Å². The molecule has 2 amide bonds. The van der Waals surface area contributed by atoms with E-state index in [0.29, 0.717) is 61.4 Å². The number of allylic oxidation sites excluding steroid dienone is 6. The van der Waals surface area contributed by atoms with Gasteiger partial charge in [-0.2, -0.15) is 4.58 Å². The Morgan fingerprint density at radius 3 is 2.22 bits per heavy atom. The number of carbonyl (C=O) groups excluding carboxylic acids is 3. The maximum atomic E-state index is 12.9. The Bertz CT molecular complexity index is 3090. The predicted molar refractivity (Wildman–Crippen MR) is 289 cm³/mol. The number of unbranched alkanes of at least 4 members (excludes halogenated alkanes) is 2. The molecule has 0 saturated heterocycles. The molecule has 2 aromatic rings. The largest absolute Gasteiger partial charge is 0.744 e. The number of nitrogens with zero attached hydrogens (tertiary/aromatic N) is 1. The normalized spacial score (nSPS) is 31.6. The van der Waals surface area contributed by atoms with E-state index >= 15 is 0 Å². The second-order valence-electron chi connectivity index (χ2n) is 24.6. The molecule has 4 fully saturated rings. The van der Waals surface area contributed by atoms with Crippen molar-refractivity contribution in [3.63, 3.8) is 0 Å². The molecule has 0 bridgehead atoms. The van der Waals surface area contributed by atoms with Gasteiger partial charge in [0.2, 0.25) is 17.5 Å². The highest BCUT2D eigenvalue weighted by atomic mass is 32.2. The Labute approximate surface area is 454 Å². The molecule has 3 aliphatic heterocycles. The number of rotatable bonds is 18. The number of amides is 2. The standard InChI is InChI=1S/C59H78N4O12S2/c1-55(2)45-32-40(76(68,69)70)18-21-47(45)62-49(55)14-10-8-11-15-50-56(3,4)46-33-41(77(71,72)73)19-22-48(46)63(50)29-13-9-12-16-52(65)60-27-28-61-53(66)36-74-39-23-25-57(5)38(31-39)17-20-43-44(57)34-51(64)59(7)42(24-26-58(43,59)6)37-30-54(67)75-35-37/h8,10-11,14-15,18-19,21-22,30,32-33,38-39,42-44,51,64H,9,12-13,16-17,20,23-29,31,34-36H2,1-7H3,(H4,60,61,65,66,68,69,70,71,72,73)/p-1/t38-,39?,42?,43?,44?,51-,57+,58-,59+/m1/s1. The van der Waals surface area contributed by atoms with Gasteiger partial charge in [-0.05, 0) is 160 Å². The van der Waals surface area contributed by atoms with Crippen LogP contribution in [0.2, 0.25) is 0 Å². The minimum absolute atomic E-state index is 0.00918. The molecule has 0 radical (unpaired) electrons. The lowest BCUT2D eigenvalue weighted by Crippen LogP contribution is -2.62. The van der Waals surface area contributed by atoms with E-state index in [4.69, 9.17) is 9.47 Å². The number of nitrogens with one attached hydrogen (secondary N) is 3. The molecule has 4 unspecified atom stereocenters. The van der Waals surface area contributed by atoms with Crippen molar-refractivity contribution >= 4 is 55.1 Å². The Hall–Kier alpha value is -4.98. The third kappa shape index (κ3) is 10.7. The molecule has 3 heterocycles. The average Bonchev–Trinajstić information content (AvgIpc) is 4.31. The van der Waals surface area contributed by atoms with Gasteiger partial charge in [-0.25, -0.2) is 21.6 Å². The van der Waals surface area contributed by atoms with Crippen LogP contribution in [0.3, 0.4) is 0 Å². The number of aliphatic hydroxyl groups excluding tert-OH is 1. The molecule has 4 aliphatic carbocycles. The number of aliphatic hydroxyl groups is 1. The summed E-state index contributed by atoms with van der Waals surface area (Å²) in [5, 5.41) is 21.1. The molecule has 4 N–H and O–H groups in total. The van der Waals surface area contributed by atoms with Gasteiger partial charge in [0.05, 0.1) is 27.4 Å². The Balaban J connectivity index is 0.714. The topological polar surface area (TPSA) is 243 Å². The first-order valence-electron chi connectivity index (χ1n) is 27.6. The molecule has 7 aliphatic rings. The number of carbonyl (C=O) groups is 3. The van der Waals surface area contributed by atoms with E-state index in [2.05, 4.69) is 41.3 Å². The second-order valence-corrected chi connectivity index (χ2v) is 27.4. The first-order chi connectivity index (χ1) is 36.2. The number of hydrogen-bond donors (Lipinski definition) is 4. The van der Waals surface area contributed by atoms with E-state index in [0.717, 1.165) is 92.6 Å². The molecule has 9 rings (SSSR count). The van der Waals surface area contributed by atoms with Crippen molar-refractivity contribution in [3.05, 3.63) is 95.3 Å². The molecule has 9 atom stereocenters. The first kappa shape index (κ1) is 56.7. The maximum absolute atomic E-state index is 12.9. The van der Waals surface area contributed by atoms with E-state index < -0.39 is 37.2 Å². The summed E-state index contributed by atoms with van der Waals surface area (Å²) >= 11 is 0. The molecule has 77 heavy (non-hydrogen) atoms. The van der Waals surface area contributed by atoms with Gasteiger partial charge in [0, 0.05) is 71.9 Å². The summed E-state index contributed by atoms with van der Waals surface area (Å²) < 4.78 is 85.0. The van der Waals surface area contributed by atoms with Crippen molar-refractivity contribution < 1.29 is 59.5 Å². The van der Waals surface area contributed by atoms with Gasteiger partial charge in [0.1, 0.15) is 40.0 Å². The third-order valence-electron chi connectivity index (χ3n) is 20.0. The van der Waals surface area contributed by atoms with Crippen LogP contribution in [-0.2, 0) is 54.9 Å². The Morgan fingerprint density at radius 1 is 0.818 bits per heavy atom. The molecule has 0 aromatic heterocycles. The van der Waals surface area contributed by atoms with E-state index in [1.54, 1.807) is 18.2 Å². The lowest BCUT2D eigenvalue weighted by Gasteiger charge is -2.66. The fourth-order valence-corrected chi connectivity index (χ4v) is 16.3. The molecule has 18 heteroatoms. The first-order valence-corrected chi connectivity index (χ1v) is 30.4. The van der Waals surface area contributed by atoms with Crippen LogP contribution in [-0.4, -0.2) is 104 Å². The van der Waals surface area contributed by atoms with Crippen LogP contribution >= 0.6 is 0 Å². The minimum Gasteiger partial charge on any atom is -0.744 e. The second kappa shape index (κ2) is 21.2. The summed E-state index contributed by atoms with van der Waals surface area (Å²) in [6.07, 6.45) is 20.8. The van der Waals surface area contributed by atoms with Crippen molar-refractivity contribution in [2.75, 3.05) is 38.2 Å². The van der Waals surface area contributed by atoms with Crippen LogP contribution in [0.1, 0.15) is 137 Å². The van der Waals surface area contributed by atoms with Gasteiger partial charge in [-0.15, -0.1) is 0 Å². The van der Waals surface area contributed by atoms with Crippen molar-refractivity contribution in [1.82, 2.24) is 10.6 Å². The lowest BCUT2D eigenvalue weighted by atomic mass is 9.39. The summed E-state index contributed by atoms with van der Waals surface area (Å²) in [7, 11) is -9.31. The number of hydrogen-bond acceptors (Lipinski definition) is 13. The highest BCUT2D eigenvalue weighted by Crippen LogP contribution is 2.73. The van der Waals surface area contributed by atoms with Gasteiger partial charge < -0.3 is 39.6 Å². The van der Waals surface area contributed by atoms with Crippen LogP contribution in [0.15, 0.2) is 93.9 Å². The summed E-state index contributed by atoms with van der Waals surface area (Å²) in [6, 6.07) is 8.77. The predicted octanol–water partition coefficient (Wildman–Crippen LogP) is 7.95. The number of fused-ring (bicyclic) bond motifs is 7. The number of benzene rings is 2. The van der Waals surface area contributed by atoms with E-state index in [1.165, 1.54) is 24.3 Å². The Morgan fingerprint density at radius 2 is 1.52 bits per heavy atom. The van der Waals surface area contributed by atoms with Crippen molar-refractivity contribution in [1.29, 1.82) is 0 Å². The van der Waals surface area contributed by atoms with Crippen molar-refractivity contribution in [2.45, 2.75) is 158 Å². The summed E-state index contributed by atoms with van der Waals surface area (Å²) in [4.78, 5) is 37.2. The summed E-state index contributed by atoms with van der Waals surface area (Å²) in [6.45, 7) is 16.4. The van der Waals surface area contributed by atoms with E-state index in [1.807, 2.05) is 58.1 Å². The van der Waals surface area contributed by atoms with Crippen LogP contribution < -0.4 is 16.0 Å². The van der Waals surface area contributed by atoms with Crippen LogP contribution in [0.4, 0.5) is 11.4 Å². The smallest absolute Gasteiger partial charge is 0.331 e. The lowest BCUT2D eigenvalue weighted by molar-refractivity contribution is -0.438. The molecule has 16 nitrogen and oxygen atoms in total. The fraction of sp³-hybridized carbons (Fsp3) is 0.593. The summed E-state index contributed by atoms with van der Waals surface area (Å²) in [5.41, 5.74) is 4.18. The zero-order valence-electron chi connectivity index (χ0n) is 45.6. The summed E-state index contributed by atoms with van der Waals surface area (Å²) in [5.74, 6) is 0.916. The van der Waals surface area contributed by atoms with Crippen molar-refractivity contribution in [3.8, 4) is 0 Å². The van der Waals surface area contributed by atoms with Gasteiger partial charge in [0.25, 0.3) is 0 Å². The molecule has 2 aromatic carbocycles. The SMILES string of the molecule is CC1(C)C(=CC=CC=CC2=[N+](CCCCCC(=O)NCCNC(=O)COC3CC[C@]4(C)C5C[C@@H](O)[C@]6(C)C(C7=CC(=O)OC7)CC[C@]6(C)C5CC[C@@H]4C3)c3ccc(S(=O)(=O)[O-])cc3C2(C)C)Nc2ccc(S(=O)(=O)[O-])cc21. The van der Waals surface area contributed by atoms with E-state index in [9.17, 15) is 45.4 Å². The van der Waals surface area contributed by atoms with Gasteiger partial charge in [-0.1, -0.05) is 52.8 Å². The van der Waals surface area contributed by atoms with Gasteiger partial charge >= 0.3 is 5.97 Å². The quantitative estimate of drug-likeness (QED) is 0.0365. The average molecular weight is 1100 g/mol. The monoisotopic (exact) mass is 1100 g/mol. The minimum atomic E-state index is -4.69. The van der Waals surface area contributed by atoms with Crippen LogP contribution in [0.5, 0.6) is 0 Å². The number of anilines is 1. The highest BCUT2D eigenvalue weighted by Gasteiger charge is 2.69. The van der Waals surface area contributed by atoms with Gasteiger partial charge in [0.15, 0.2) is 5.71 Å². The molecular formula is C59H77N4O12S2-. The van der Waals surface area contributed by atoms with Crippen molar-refractivity contribution in [2.24, 2.45) is 39.9 Å². The highest BCUT2D eigenvalue weighted by molar-refractivity contribution is 7.86. The number of ether oxygens (including phenoxy) is 2. The third-order valence-corrected chi connectivity index (χ3v) is 21.6. The number of cyclic esters (lactones) is 1. The molecular weight excluding hydrogens is 1020 g/mol. The molecule has 4 saturated carbocycles. The molecule has 418 valence electrons. The van der Waals surface area contributed by atoms with Gasteiger partial charge in [-0.3, -0.25) is 9.59 Å². The number of esters is 1. The fourth-order valence-electron chi connectivity index (χ4n) is 15.3. The zero-order valence-corrected chi connectivity index (χ0v) is 47.2. The zero-order chi connectivity index (χ0) is 55.5.